The van der Waals surface area contributed by atoms with Gasteiger partial charge in [0.2, 0.25) is 0 Å². The first-order valence-corrected chi connectivity index (χ1v) is 5.45. The van der Waals surface area contributed by atoms with Gasteiger partial charge in [0.1, 0.15) is 5.84 Å². The van der Waals surface area contributed by atoms with E-state index in [0.29, 0.717) is 0 Å². The molecule has 0 aromatic rings. The van der Waals surface area contributed by atoms with Crippen LogP contribution in [0.2, 0.25) is 0 Å². The fourth-order valence-corrected chi connectivity index (χ4v) is 2.13. The predicted octanol–water partition coefficient (Wildman–Crippen LogP) is 2.25. The lowest BCUT2D eigenvalue weighted by molar-refractivity contribution is 0.626. The van der Waals surface area contributed by atoms with Gasteiger partial charge in [0.25, 0.3) is 0 Å². The maximum atomic E-state index is 4.48. The molecule has 1 rings (SSSR count). The summed E-state index contributed by atoms with van der Waals surface area (Å²) in [4.78, 5) is 10.6. The predicted molar refractivity (Wildman–Crippen MR) is 70.3 cm³/mol. The molecule has 0 aromatic heterocycles. The van der Waals surface area contributed by atoms with Gasteiger partial charge in [0.05, 0.1) is 3.58 Å². The van der Waals surface area contributed by atoms with Crippen molar-refractivity contribution in [2.24, 2.45) is 9.98 Å². The molecule has 0 radical (unpaired) electrons. The topological polar surface area (TPSA) is 28.0 Å². The van der Waals surface area contributed by atoms with Crippen LogP contribution in [-0.2, 0) is 0 Å². The van der Waals surface area contributed by atoms with Gasteiger partial charge >= 0.3 is 0 Å². The number of aliphatic imine (C=N–C) groups is 2. The SMILES string of the molecule is C/C=C1/C=C(I)C(N(C)C)=NC1=NC. The van der Waals surface area contributed by atoms with Gasteiger partial charge in [-0.15, -0.1) is 0 Å². The molecule has 0 unspecified atom stereocenters. The van der Waals surface area contributed by atoms with Gasteiger partial charge in [-0.3, -0.25) is 4.99 Å². The van der Waals surface area contributed by atoms with Gasteiger partial charge in [-0.1, -0.05) is 6.08 Å². The van der Waals surface area contributed by atoms with Crippen molar-refractivity contribution in [3.8, 4) is 0 Å². The van der Waals surface area contributed by atoms with Crippen LogP contribution in [0.3, 0.4) is 0 Å². The molecular weight excluding hydrogens is 289 g/mol. The van der Waals surface area contributed by atoms with Crippen LogP contribution in [0, 0.1) is 0 Å². The number of dihydropyridines is 1. The summed E-state index contributed by atoms with van der Waals surface area (Å²) >= 11 is 2.29. The molecule has 0 N–H and O–H groups in total. The molecule has 1 aliphatic rings. The first-order valence-electron chi connectivity index (χ1n) is 4.37. The number of halogens is 1. The molecule has 3 nitrogen and oxygen atoms in total. The second kappa shape index (κ2) is 4.72. The lowest BCUT2D eigenvalue weighted by atomic mass is 10.1. The Bertz CT molecular complexity index is 348. The molecule has 76 valence electrons. The highest BCUT2D eigenvalue weighted by Crippen LogP contribution is 2.20. The van der Waals surface area contributed by atoms with Crippen LogP contribution in [0.15, 0.2) is 31.3 Å². The Labute approximate surface area is 98.5 Å². The maximum absolute atomic E-state index is 4.48. The van der Waals surface area contributed by atoms with Crippen molar-refractivity contribution < 1.29 is 0 Å². The molecule has 14 heavy (non-hydrogen) atoms. The van der Waals surface area contributed by atoms with E-state index in [0.717, 1.165) is 20.8 Å². The lowest BCUT2D eigenvalue weighted by Crippen LogP contribution is -2.26. The molecule has 0 saturated carbocycles. The highest BCUT2D eigenvalue weighted by atomic mass is 127. The van der Waals surface area contributed by atoms with E-state index in [2.05, 4.69) is 38.7 Å². The number of hydrogen-bond donors (Lipinski definition) is 0. The molecule has 0 amide bonds. The molecule has 0 atom stereocenters. The summed E-state index contributed by atoms with van der Waals surface area (Å²) in [5.74, 6) is 1.77. The average molecular weight is 303 g/mol. The summed E-state index contributed by atoms with van der Waals surface area (Å²) in [6, 6.07) is 0. The molecule has 0 spiro atoms. The molecule has 0 fully saturated rings. The van der Waals surface area contributed by atoms with Gasteiger partial charge < -0.3 is 4.90 Å². The largest absolute Gasteiger partial charge is 0.362 e. The van der Waals surface area contributed by atoms with Crippen molar-refractivity contribution >= 4 is 34.3 Å². The van der Waals surface area contributed by atoms with Gasteiger partial charge in [-0.05, 0) is 35.6 Å². The van der Waals surface area contributed by atoms with Crippen LogP contribution >= 0.6 is 22.6 Å². The van der Waals surface area contributed by atoms with Crippen molar-refractivity contribution in [2.45, 2.75) is 6.92 Å². The standard InChI is InChI=1S/C10H14IN3/c1-5-7-6-8(11)10(14(3)4)13-9(7)12-2/h5-6H,1-4H3/b7-5-,12-9?. The molecule has 0 aliphatic carbocycles. The molecule has 1 heterocycles. The Hall–Kier alpha value is -0.650. The van der Waals surface area contributed by atoms with Crippen LogP contribution in [0.4, 0.5) is 0 Å². The first-order chi connectivity index (χ1) is 6.60. The second-order valence-corrected chi connectivity index (χ2v) is 4.28. The van der Waals surface area contributed by atoms with Crippen LogP contribution in [0.25, 0.3) is 0 Å². The summed E-state index contributed by atoms with van der Waals surface area (Å²) in [5, 5.41) is 0. The normalized spacial score (nSPS) is 22.4. The summed E-state index contributed by atoms with van der Waals surface area (Å²) < 4.78 is 1.15. The minimum Gasteiger partial charge on any atom is -0.362 e. The Morgan fingerprint density at radius 1 is 1.50 bits per heavy atom. The smallest absolute Gasteiger partial charge is 0.156 e. The molecule has 1 aliphatic heterocycles. The minimum atomic E-state index is 0.802. The Morgan fingerprint density at radius 2 is 2.14 bits per heavy atom. The number of amidine groups is 2. The van der Waals surface area contributed by atoms with E-state index in [1.54, 1.807) is 7.05 Å². The zero-order valence-corrected chi connectivity index (χ0v) is 11.0. The van der Waals surface area contributed by atoms with Crippen molar-refractivity contribution in [1.29, 1.82) is 0 Å². The third-order valence-electron chi connectivity index (χ3n) is 1.91. The average Bonchev–Trinajstić information content (AvgIpc) is 2.16. The summed E-state index contributed by atoms with van der Waals surface area (Å²) in [5.41, 5.74) is 1.09. The number of likely N-dealkylation sites (N-methyl/N-ethyl adjacent to an activating group) is 1. The van der Waals surface area contributed by atoms with E-state index in [-0.39, 0.29) is 0 Å². The quantitative estimate of drug-likeness (QED) is 0.631. The number of allylic oxidation sites excluding steroid dienone is 1. The molecular formula is C10H14IN3. The second-order valence-electron chi connectivity index (χ2n) is 3.11. The van der Waals surface area contributed by atoms with Crippen LogP contribution in [0.1, 0.15) is 6.92 Å². The fraction of sp³-hybridized carbons (Fsp3) is 0.400. The van der Waals surface area contributed by atoms with E-state index in [9.17, 15) is 0 Å². The van der Waals surface area contributed by atoms with Crippen LogP contribution < -0.4 is 0 Å². The van der Waals surface area contributed by atoms with E-state index in [4.69, 9.17) is 0 Å². The van der Waals surface area contributed by atoms with E-state index < -0.39 is 0 Å². The van der Waals surface area contributed by atoms with Crippen molar-refractivity contribution in [3.05, 3.63) is 21.3 Å². The molecule has 4 heteroatoms. The first kappa shape index (κ1) is 11.4. The summed E-state index contributed by atoms with van der Waals surface area (Å²) in [6.07, 6.45) is 4.13. The maximum Gasteiger partial charge on any atom is 0.156 e. The zero-order valence-electron chi connectivity index (χ0n) is 8.87. The highest BCUT2D eigenvalue weighted by molar-refractivity contribution is 14.1. The zero-order chi connectivity index (χ0) is 10.7. The van der Waals surface area contributed by atoms with Crippen molar-refractivity contribution in [2.75, 3.05) is 21.1 Å². The van der Waals surface area contributed by atoms with Crippen molar-refractivity contribution in [1.82, 2.24) is 4.90 Å². The van der Waals surface area contributed by atoms with E-state index >= 15 is 0 Å². The third-order valence-corrected chi connectivity index (χ3v) is 2.71. The molecule has 0 aromatic carbocycles. The minimum absolute atomic E-state index is 0.802. The monoisotopic (exact) mass is 303 g/mol. The van der Waals surface area contributed by atoms with Gasteiger partial charge in [0, 0.05) is 26.7 Å². The third kappa shape index (κ3) is 2.23. The van der Waals surface area contributed by atoms with Crippen molar-refractivity contribution in [3.63, 3.8) is 0 Å². The summed E-state index contributed by atoms with van der Waals surface area (Å²) in [7, 11) is 5.74. The van der Waals surface area contributed by atoms with Crippen LogP contribution in [0.5, 0.6) is 0 Å². The number of hydrogen-bond acceptors (Lipinski definition) is 2. The Kier molecular flexibility index (Phi) is 3.86. The molecule has 0 saturated heterocycles. The lowest BCUT2D eigenvalue weighted by Gasteiger charge is -2.19. The van der Waals surface area contributed by atoms with Gasteiger partial charge in [-0.2, -0.15) is 0 Å². The molecule has 0 bridgehead atoms. The van der Waals surface area contributed by atoms with E-state index in [1.807, 2.05) is 32.0 Å². The van der Waals surface area contributed by atoms with E-state index in [1.165, 1.54) is 0 Å². The fourth-order valence-electron chi connectivity index (χ4n) is 1.19. The highest BCUT2D eigenvalue weighted by Gasteiger charge is 2.16. The summed E-state index contributed by atoms with van der Waals surface area (Å²) in [6.45, 7) is 2.00. The van der Waals surface area contributed by atoms with Crippen LogP contribution in [-0.4, -0.2) is 37.7 Å². The van der Waals surface area contributed by atoms with Gasteiger partial charge in [0.15, 0.2) is 5.84 Å². The number of nitrogens with zero attached hydrogens (tertiary/aromatic N) is 3. The Morgan fingerprint density at radius 3 is 2.57 bits per heavy atom. The Balaban J connectivity index is 3.16. The van der Waals surface area contributed by atoms with Gasteiger partial charge in [-0.25, -0.2) is 4.99 Å². The number of rotatable bonds is 0.